The third-order valence-corrected chi connectivity index (χ3v) is 2.78. The van der Waals surface area contributed by atoms with Crippen molar-refractivity contribution in [2.24, 2.45) is 0 Å². The molecule has 3 nitrogen and oxygen atoms in total. The van der Waals surface area contributed by atoms with Gasteiger partial charge in [0.05, 0.1) is 11.3 Å². The Balaban J connectivity index is 2.71. The number of nitrogen functional groups attached to an aromatic ring is 1. The third kappa shape index (κ3) is 2.40. The topological polar surface area (TPSA) is 63.3 Å². The first-order chi connectivity index (χ1) is 8.90. The molecule has 5 heteroatoms. The van der Waals surface area contributed by atoms with Crippen LogP contribution >= 0.6 is 0 Å². The zero-order chi connectivity index (χ0) is 14.2. The SMILES string of the molecule is Cc1cc(F)c(N)c(-c2cc(C(=O)O)ccc2F)c1. The number of nitrogens with two attached hydrogens (primary N) is 1. The van der Waals surface area contributed by atoms with Crippen LogP contribution < -0.4 is 5.73 Å². The Bertz CT molecular complexity index is 669. The van der Waals surface area contributed by atoms with Crippen molar-refractivity contribution in [2.75, 3.05) is 5.73 Å². The minimum atomic E-state index is -1.19. The lowest BCUT2D eigenvalue weighted by Crippen LogP contribution is -2.01. The van der Waals surface area contributed by atoms with E-state index >= 15 is 0 Å². The molecule has 19 heavy (non-hydrogen) atoms. The molecule has 0 aromatic heterocycles. The fourth-order valence-corrected chi connectivity index (χ4v) is 1.84. The van der Waals surface area contributed by atoms with Gasteiger partial charge in [0.2, 0.25) is 0 Å². The molecular formula is C14H11F2NO2. The average Bonchev–Trinajstić information content (AvgIpc) is 2.34. The van der Waals surface area contributed by atoms with Crippen molar-refractivity contribution in [3.05, 3.63) is 53.1 Å². The Morgan fingerprint density at radius 1 is 1.11 bits per heavy atom. The first-order valence-electron chi connectivity index (χ1n) is 5.49. The smallest absolute Gasteiger partial charge is 0.335 e. The summed E-state index contributed by atoms with van der Waals surface area (Å²) in [7, 11) is 0. The fourth-order valence-electron chi connectivity index (χ4n) is 1.84. The van der Waals surface area contributed by atoms with Gasteiger partial charge in [0.15, 0.2) is 0 Å². The number of aryl methyl sites for hydroxylation is 1. The van der Waals surface area contributed by atoms with E-state index in [4.69, 9.17) is 10.8 Å². The average molecular weight is 263 g/mol. The maximum absolute atomic E-state index is 13.8. The number of carbonyl (C=O) groups is 1. The Hall–Kier alpha value is -2.43. The van der Waals surface area contributed by atoms with Crippen molar-refractivity contribution < 1.29 is 18.7 Å². The number of hydrogen-bond donors (Lipinski definition) is 2. The molecule has 0 aliphatic carbocycles. The molecule has 0 atom stereocenters. The third-order valence-electron chi connectivity index (χ3n) is 2.78. The summed E-state index contributed by atoms with van der Waals surface area (Å²) in [4.78, 5) is 10.9. The van der Waals surface area contributed by atoms with Crippen LogP contribution in [0.2, 0.25) is 0 Å². The highest BCUT2D eigenvalue weighted by Crippen LogP contribution is 2.31. The zero-order valence-corrected chi connectivity index (χ0v) is 10.1. The maximum Gasteiger partial charge on any atom is 0.335 e. The lowest BCUT2D eigenvalue weighted by atomic mass is 9.98. The molecular weight excluding hydrogens is 252 g/mol. The van der Waals surface area contributed by atoms with Crippen LogP contribution in [0.15, 0.2) is 30.3 Å². The van der Waals surface area contributed by atoms with Gasteiger partial charge >= 0.3 is 5.97 Å². The van der Waals surface area contributed by atoms with Gasteiger partial charge in [-0.05, 0) is 42.8 Å². The number of anilines is 1. The second-order valence-electron chi connectivity index (χ2n) is 4.21. The van der Waals surface area contributed by atoms with E-state index in [1.807, 2.05) is 0 Å². The summed E-state index contributed by atoms with van der Waals surface area (Å²) in [6, 6.07) is 6.06. The van der Waals surface area contributed by atoms with E-state index in [0.29, 0.717) is 5.56 Å². The number of carboxylic acid groups (broad SMARTS) is 1. The molecule has 0 bridgehead atoms. The van der Waals surface area contributed by atoms with Crippen LogP contribution in [0.3, 0.4) is 0 Å². The van der Waals surface area contributed by atoms with Crippen molar-refractivity contribution in [3.8, 4) is 11.1 Å². The minimum absolute atomic E-state index is 0.0278. The van der Waals surface area contributed by atoms with E-state index in [-0.39, 0.29) is 22.4 Å². The molecule has 3 N–H and O–H groups in total. The van der Waals surface area contributed by atoms with Crippen molar-refractivity contribution >= 4 is 11.7 Å². The molecule has 0 saturated carbocycles. The van der Waals surface area contributed by atoms with Crippen LogP contribution in [0.4, 0.5) is 14.5 Å². The van der Waals surface area contributed by atoms with E-state index in [0.717, 1.165) is 18.2 Å². The van der Waals surface area contributed by atoms with Gasteiger partial charge in [-0.1, -0.05) is 0 Å². The number of benzene rings is 2. The van der Waals surface area contributed by atoms with E-state index < -0.39 is 17.6 Å². The summed E-state index contributed by atoms with van der Waals surface area (Å²) >= 11 is 0. The van der Waals surface area contributed by atoms with Crippen LogP contribution in [0.25, 0.3) is 11.1 Å². The second-order valence-corrected chi connectivity index (χ2v) is 4.21. The molecule has 2 rings (SSSR count). The molecule has 2 aromatic carbocycles. The van der Waals surface area contributed by atoms with Gasteiger partial charge in [0.25, 0.3) is 0 Å². The number of halogens is 2. The first kappa shape index (κ1) is 13.0. The Labute approximate surface area is 108 Å². The summed E-state index contributed by atoms with van der Waals surface area (Å²) in [5.74, 6) is -2.50. The van der Waals surface area contributed by atoms with Gasteiger partial charge in [0.1, 0.15) is 11.6 Å². The highest BCUT2D eigenvalue weighted by molar-refractivity contribution is 5.90. The predicted molar refractivity (Wildman–Crippen MR) is 67.9 cm³/mol. The molecule has 0 spiro atoms. The van der Waals surface area contributed by atoms with Crippen LogP contribution in [0.1, 0.15) is 15.9 Å². The van der Waals surface area contributed by atoms with Crippen LogP contribution in [0, 0.1) is 18.6 Å². The molecule has 0 radical (unpaired) electrons. The summed E-state index contributed by atoms with van der Waals surface area (Å²) in [6.07, 6.45) is 0. The Kier molecular flexibility index (Phi) is 3.21. The van der Waals surface area contributed by atoms with E-state index in [1.165, 1.54) is 12.1 Å². The number of hydrogen-bond acceptors (Lipinski definition) is 2. The van der Waals surface area contributed by atoms with Gasteiger partial charge in [-0.25, -0.2) is 13.6 Å². The van der Waals surface area contributed by atoms with Gasteiger partial charge in [0, 0.05) is 11.1 Å². The highest BCUT2D eigenvalue weighted by atomic mass is 19.1. The first-order valence-corrected chi connectivity index (χ1v) is 5.49. The molecule has 0 amide bonds. The summed E-state index contributed by atoms with van der Waals surface area (Å²) in [6.45, 7) is 1.64. The zero-order valence-electron chi connectivity index (χ0n) is 10.1. The molecule has 0 aliphatic rings. The molecule has 0 fully saturated rings. The van der Waals surface area contributed by atoms with Crippen molar-refractivity contribution in [2.45, 2.75) is 6.92 Å². The standard InChI is InChI=1S/C14H11F2NO2/c1-7-4-10(13(17)12(16)5-7)9-6-8(14(18)19)2-3-11(9)15/h2-6H,17H2,1H3,(H,18,19). The molecule has 0 saturated heterocycles. The van der Waals surface area contributed by atoms with E-state index in [9.17, 15) is 13.6 Å². The lowest BCUT2D eigenvalue weighted by molar-refractivity contribution is 0.0697. The van der Waals surface area contributed by atoms with Crippen LogP contribution in [0.5, 0.6) is 0 Å². The fraction of sp³-hybridized carbons (Fsp3) is 0.0714. The van der Waals surface area contributed by atoms with Gasteiger partial charge in [-0.2, -0.15) is 0 Å². The quantitative estimate of drug-likeness (QED) is 0.818. The van der Waals surface area contributed by atoms with Crippen molar-refractivity contribution in [1.82, 2.24) is 0 Å². The number of rotatable bonds is 2. The van der Waals surface area contributed by atoms with Gasteiger partial charge < -0.3 is 10.8 Å². The second kappa shape index (κ2) is 4.68. The monoisotopic (exact) mass is 263 g/mol. The molecule has 0 aliphatic heterocycles. The Morgan fingerprint density at radius 3 is 2.42 bits per heavy atom. The molecule has 0 unspecified atom stereocenters. The maximum atomic E-state index is 13.8. The largest absolute Gasteiger partial charge is 0.478 e. The summed E-state index contributed by atoms with van der Waals surface area (Å²) in [5.41, 5.74) is 6.00. The van der Waals surface area contributed by atoms with Crippen LogP contribution in [-0.2, 0) is 0 Å². The van der Waals surface area contributed by atoms with Crippen LogP contribution in [-0.4, -0.2) is 11.1 Å². The molecule has 2 aromatic rings. The molecule has 98 valence electrons. The summed E-state index contributed by atoms with van der Waals surface area (Å²) < 4.78 is 27.3. The van der Waals surface area contributed by atoms with Gasteiger partial charge in [-0.3, -0.25) is 0 Å². The predicted octanol–water partition coefficient (Wildman–Crippen LogP) is 3.22. The lowest BCUT2D eigenvalue weighted by Gasteiger charge is -2.10. The molecule has 0 heterocycles. The number of carboxylic acids is 1. The normalized spacial score (nSPS) is 10.5. The highest BCUT2D eigenvalue weighted by Gasteiger charge is 2.15. The number of aromatic carboxylic acids is 1. The summed E-state index contributed by atoms with van der Waals surface area (Å²) in [5, 5.41) is 8.90. The van der Waals surface area contributed by atoms with E-state index in [1.54, 1.807) is 6.92 Å². The van der Waals surface area contributed by atoms with Gasteiger partial charge in [-0.15, -0.1) is 0 Å². The minimum Gasteiger partial charge on any atom is -0.478 e. The van der Waals surface area contributed by atoms with Crippen molar-refractivity contribution in [3.63, 3.8) is 0 Å². The van der Waals surface area contributed by atoms with E-state index in [2.05, 4.69) is 0 Å². The Morgan fingerprint density at radius 2 is 1.79 bits per heavy atom. The van der Waals surface area contributed by atoms with Crippen molar-refractivity contribution in [1.29, 1.82) is 0 Å².